The first-order valence-corrected chi connectivity index (χ1v) is 13.0. The minimum absolute atomic E-state index is 0.00136. The second-order valence-electron chi connectivity index (χ2n) is 8.41. The first kappa shape index (κ1) is 22.9. The van der Waals surface area contributed by atoms with Crippen molar-refractivity contribution in [2.45, 2.75) is 57.7 Å². The molecule has 32 heavy (non-hydrogen) atoms. The Kier molecular flexibility index (Phi) is 6.90. The molecule has 3 aromatic rings. The van der Waals surface area contributed by atoms with Crippen molar-refractivity contribution in [1.82, 2.24) is 9.55 Å². The molecule has 1 aromatic carbocycles. The summed E-state index contributed by atoms with van der Waals surface area (Å²) in [6.45, 7) is 7.40. The fourth-order valence-corrected chi connectivity index (χ4v) is 6.38. The van der Waals surface area contributed by atoms with Gasteiger partial charge < -0.3 is 10.2 Å². The maximum atomic E-state index is 13.0. The van der Waals surface area contributed by atoms with Crippen molar-refractivity contribution in [3.8, 4) is 0 Å². The molecule has 1 aliphatic carbocycles. The van der Waals surface area contributed by atoms with Gasteiger partial charge in [-0.3, -0.25) is 14.2 Å². The number of amides is 1. The summed E-state index contributed by atoms with van der Waals surface area (Å²) in [5.74, 6) is 0.0879. The number of carbonyl (C=O) groups excluding carboxylic acids is 1. The molecule has 2 aromatic heterocycles. The highest BCUT2D eigenvalue weighted by Crippen LogP contribution is 2.34. The lowest BCUT2D eigenvalue weighted by Gasteiger charge is -2.27. The van der Waals surface area contributed by atoms with Crippen LogP contribution in [-0.4, -0.2) is 33.8 Å². The van der Waals surface area contributed by atoms with Crippen LogP contribution in [0.15, 0.2) is 34.2 Å². The number of fused-ring (bicyclic) bond motifs is 3. The van der Waals surface area contributed by atoms with Crippen LogP contribution in [0.5, 0.6) is 0 Å². The Morgan fingerprint density at radius 1 is 1.25 bits per heavy atom. The van der Waals surface area contributed by atoms with E-state index in [2.05, 4.69) is 31.0 Å². The van der Waals surface area contributed by atoms with Gasteiger partial charge in [0.25, 0.3) is 5.56 Å². The van der Waals surface area contributed by atoms with Gasteiger partial charge in [0.15, 0.2) is 5.16 Å². The van der Waals surface area contributed by atoms with Crippen LogP contribution in [-0.2, 0) is 24.7 Å². The quantitative estimate of drug-likeness (QED) is 0.395. The highest BCUT2D eigenvalue weighted by Gasteiger charge is 2.21. The lowest BCUT2D eigenvalue weighted by Crippen LogP contribution is -2.30. The Balaban J connectivity index is 1.44. The van der Waals surface area contributed by atoms with Gasteiger partial charge in [-0.25, -0.2) is 4.98 Å². The average Bonchev–Trinajstić information content (AvgIpc) is 3.15. The van der Waals surface area contributed by atoms with Crippen molar-refractivity contribution in [2.75, 3.05) is 22.5 Å². The molecule has 0 aliphatic heterocycles. The number of nitrogens with zero attached hydrogens (tertiary/aromatic N) is 3. The standard InChI is InChI=1S/C24H30N4O2S2/c1-5-28(15(2)3)17-12-10-16(11-13-17)25-20(29)14-31-24-26-22-21(23(30)27(24)4)18-8-6-7-9-19(18)32-22/h10-13,15H,5-9,14H2,1-4H3,(H,25,29). The van der Waals surface area contributed by atoms with Crippen molar-refractivity contribution < 1.29 is 4.79 Å². The number of hydrogen-bond acceptors (Lipinski definition) is 6. The molecule has 0 atom stereocenters. The van der Waals surface area contributed by atoms with Gasteiger partial charge in [-0.15, -0.1) is 11.3 Å². The maximum Gasteiger partial charge on any atom is 0.262 e. The molecule has 8 heteroatoms. The monoisotopic (exact) mass is 470 g/mol. The number of thiophene rings is 1. The summed E-state index contributed by atoms with van der Waals surface area (Å²) in [5.41, 5.74) is 3.10. The highest BCUT2D eigenvalue weighted by molar-refractivity contribution is 7.99. The molecule has 0 bridgehead atoms. The van der Waals surface area contributed by atoms with E-state index in [9.17, 15) is 9.59 Å². The molecule has 1 N–H and O–H groups in total. The van der Waals surface area contributed by atoms with Crippen LogP contribution in [0.1, 0.15) is 44.1 Å². The van der Waals surface area contributed by atoms with E-state index < -0.39 is 0 Å². The minimum Gasteiger partial charge on any atom is -0.369 e. The van der Waals surface area contributed by atoms with Gasteiger partial charge in [0.05, 0.1) is 11.1 Å². The molecule has 1 amide bonds. The van der Waals surface area contributed by atoms with Crippen LogP contribution in [0.4, 0.5) is 11.4 Å². The number of aryl methyl sites for hydroxylation is 2. The largest absolute Gasteiger partial charge is 0.369 e. The van der Waals surface area contributed by atoms with Crippen molar-refractivity contribution in [3.63, 3.8) is 0 Å². The van der Waals surface area contributed by atoms with E-state index in [1.165, 1.54) is 28.6 Å². The zero-order valence-corrected chi connectivity index (χ0v) is 20.7. The molecule has 0 radical (unpaired) electrons. The van der Waals surface area contributed by atoms with Gasteiger partial charge >= 0.3 is 0 Å². The summed E-state index contributed by atoms with van der Waals surface area (Å²) in [6.07, 6.45) is 4.31. The van der Waals surface area contributed by atoms with E-state index in [4.69, 9.17) is 4.98 Å². The minimum atomic E-state index is -0.112. The third-order valence-electron chi connectivity index (χ3n) is 5.93. The smallest absolute Gasteiger partial charge is 0.262 e. The molecule has 0 saturated carbocycles. The number of benzene rings is 1. The Morgan fingerprint density at radius 3 is 2.66 bits per heavy atom. The van der Waals surface area contributed by atoms with Gasteiger partial charge in [0, 0.05) is 35.9 Å². The normalized spacial score (nSPS) is 13.4. The molecule has 0 fully saturated rings. The van der Waals surface area contributed by atoms with Crippen LogP contribution in [0.2, 0.25) is 0 Å². The predicted molar refractivity (Wildman–Crippen MR) is 135 cm³/mol. The van der Waals surface area contributed by atoms with E-state index in [0.29, 0.717) is 11.2 Å². The van der Waals surface area contributed by atoms with Crippen LogP contribution >= 0.6 is 23.1 Å². The van der Waals surface area contributed by atoms with Crippen molar-refractivity contribution >= 4 is 50.6 Å². The zero-order chi connectivity index (χ0) is 22.8. The Labute approximate surface area is 197 Å². The molecular formula is C24H30N4O2S2. The third kappa shape index (κ3) is 4.57. The topological polar surface area (TPSA) is 67.2 Å². The van der Waals surface area contributed by atoms with E-state index in [1.54, 1.807) is 23.0 Å². The zero-order valence-electron chi connectivity index (χ0n) is 19.1. The van der Waals surface area contributed by atoms with Crippen LogP contribution in [0, 0.1) is 0 Å². The van der Waals surface area contributed by atoms with Crippen molar-refractivity contribution in [2.24, 2.45) is 7.05 Å². The fourth-order valence-electron chi connectivity index (χ4n) is 4.31. The lowest BCUT2D eigenvalue weighted by molar-refractivity contribution is -0.113. The first-order valence-electron chi connectivity index (χ1n) is 11.2. The van der Waals surface area contributed by atoms with Crippen LogP contribution in [0.3, 0.4) is 0 Å². The summed E-state index contributed by atoms with van der Waals surface area (Å²) in [7, 11) is 1.74. The lowest BCUT2D eigenvalue weighted by atomic mass is 9.97. The molecule has 2 heterocycles. The van der Waals surface area contributed by atoms with Gasteiger partial charge in [-0.2, -0.15) is 0 Å². The van der Waals surface area contributed by atoms with Gasteiger partial charge in [-0.1, -0.05) is 11.8 Å². The number of rotatable bonds is 7. The first-order chi connectivity index (χ1) is 15.4. The number of aromatic nitrogens is 2. The molecule has 6 nitrogen and oxygen atoms in total. The van der Waals surface area contributed by atoms with E-state index in [1.807, 2.05) is 24.3 Å². The Bertz CT molecular complexity index is 1180. The number of carbonyl (C=O) groups is 1. The Morgan fingerprint density at radius 2 is 1.97 bits per heavy atom. The summed E-state index contributed by atoms with van der Waals surface area (Å²) in [5, 5.41) is 4.31. The second kappa shape index (κ2) is 9.67. The molecule has 4 rings (SSSR count). The van der Waals surface area contributed by atoms with E-state index >= 15 is 0 Å². The second-order valence-corrected chi connectivity index (χ2v) is 10.4. The van der Waals surface area contributed by atoms with Gasteiger partial charge in [0.2, 0.25) is 5.91 Å². The highest BCUT2D eigenvalue weighted by atomic mass is 32.2. The van der Waals surface area contributed by atoms with Crippen LogP contribution in [0.25, 0.3) is 10.2 Å². The SMILES string of the molecule is CCN(c1ccc(NC(=O)CSc2nc3sc4c(c3c(=O)n2C)CCCC4)cc1)C(C)C. The van der Waals surface area contributed by atoms with Crippen LogP contribution < -0.4 is 15.8 Å². The fraction of sp³-hybridized carbons (Fsp3) is 0.458. The molecule has 1 aliphatic rings. The summed E-state index contributed by atoms with van der Waals surface area (Å²) < 4.78 is 1.59. The molecule has 0 unspecified atom stereocenters. The number of thioether (sulfide) groups is 1. The summed E-state index contributed by atoms with van der Waals surface area (Å²) in [6, 6.07) is 8.34. The summed E-state index contributed by atoms with van der Waals surface area (Å²) >= 11 is 2.94. The Hall–Kier alpha value is -2.32. The number of anilines is 2. The molecule has 170 valence electrons. The summed E-state index contributed by atoms with van der Waals surface area (Å²) in [4.78, 5) is 34.7. The number of hydrogen-bond donors (Lipinski definition) is 1. The van der Waals surface area contributed by atoms with E-state index in [-0.39, 0.29) is 17.2 Å². The molecule has 0 saturated heterocycles. The molecule has 0 spiro atoms. The average molecular weight is 471 g/mol. The van der Waals surface area contributed by atoms with Crippen molar-refractivity contribution in [3.05, 3.63) is 45.1 Å². The number of nitrogens with one attached hydrogen (secondary N) is 1. The van der Waals surface area contributed by atoms with E-state index in [0.717, 1.165) is 47.4 Å². The molecular weight excluding hydrogens is 440 g/mol. The van der Waals surface area contributed by atoms with Crippen molar-refractivity contribution in [1.29, 1.82) is 0 Å². The third-order valence-corrected chi connectivity index (χ3v) is 8.15. The van der Waals surface area contributed by atoms with Gasteiger partial charge in [0.1, 0.15) is 4.83 Å². The maximum absolute atomic E-state index is 13.0. The predicted octanol–water partition coefficient (Wildman–Crippen LogP) is 4.84. The van der Waals surface area contributed by atoms with Gasteiger partial charge in [-0.05, 0) is 76.3 Å².